The van der Waals surface area contributed by atoms with Gasteiger partial charge < -0.3 is 5.32 Å². The van der Waals surface area contributed by atoms with Crippen LogP contribution in [0.2, 0.25) is 0 Å². The zero-order valence-corrected chi connectivity index (χ0v) is 11.3. The highest BCUT2D eigenvalue weighted by atomic mass is 79.9. The second-order valence-electron chi connectivity index (χ2n) is 3.90. The van der Waals surface area contributed by atoms with Gasteiger partial charge in [-0.1, -0.05) is 6.07 Å². The number of hydrogen-bond acceptors (Lipinski definition) is 2. The molecule has 0 bridgehead atoms. The van der Waals surface area contributed by atoms with E-state index in [0.717, 1.165) is 22.3 Å². The van der Waals surface area contributed by atoms with Crippen molar-refractivity contribution < 1.29 is 13.2 Å². The van der Waals surface area contributed by atoms with Crippen LogP contribution in [-0.2, 0) is 12.7 Å². The molecule has 6 heteroatoms. The summed E-state index contributed by atoms with van der Waals surface area (Å²) in [6, 6.07) is 8.72. The quantitative estimate of drug-likeness (QED) is 0.897. The first kappa shape index (κ1) is 13.9. The number of nitrogens with one attached hydrogen (secondary N) is 1. The lowest BCUT2D eigenvalue weighted by atomic mass is 10.2. The molecule has 0 unspecified atom stereocenters. The Morgan fingerprint density at radius 3 is 2.58 bits per heavy atom. The fraction of sp³-hybridized carbons (Fsp3) is 0.154. The predicted octanol–water partition coefficient (Wildman–Crippen LogP) is 4.48. The molecule has 0 saturated heterocycles. The molecular formula is C13H10BrF3N2. The third kappa shape index (κ3) is 3.96. The lowest BCUT2D eigenvalue weighted by Crippen LogP contribution is -2.06. The molecule has 1 aromatic carbocycles. The first-order valence-electron chi connectivity index (χ1n) is 5.47. The molecule has 1 aromatic heterocycles. The third-order valence-electron chi connectivity index (χ3n) is 2.45. The van der Waals surface area contributed by atoms with Crippen molar-refractivity contribution in [1.82, 2.24) is 4.98 Å². The van der Waals surface area contributed by atoms with Gasteiger partial charge in [0.25, 0.3) is 0 Å². The Bertz CT molecular complexity index is 553. The zero-order valence-electron chi connectivity index (χ0n) is 9.71. The molecule has 19 heavy (non-hydrogen) atoms. The molecule has 0 amide bonds. The molecule has 0 saturated carbocycles. The van der Waals surface area contributed by atoms with Crippen LogP contribution in [0.5, 0.6) is 0 Å². The highest BCUT2D eigenvalue weighted by molar-refractivity contribution is 9.10. The summed E-state index contributed by atoms with van der Waals surface area (Å²) in [6.45, 7) is 0.370. The third-order valence-corrected chi connectivity index (χ3v) is 2.92. The molecule has 2 aromatic rings. The first-order valence-corrected chi connectivity index (χ1v) is 6.26. The number of pyridine rings is 1. The summed E-state index contributed by atoms with van der Waals surface area (Å²) in [4.78, 5) is 4.13. The van der Waals surface area contributed by atoms with Crippen molar-refractivity contribution in [2.75, 3.05) is 5.32 Å². The van der Waals surface area contributed by atoms with Gasteiger partial charge in [0, 0.05) is 16.4 Å². The summed E-state index contributed by atoms with van der Waals surface area (Å²) in [5.41, 5.74) is 0.501. The van der Waals surface area contributed by atoms with Gasteiger partial charge in [0.1, 0.15) is 0 Å². The van der Waals surface area contributed by atoms with Crippen LogP contribution in [0.4, 0.5) is 18.9 Å². The van der Waals surface area contributed by atoms with E-state index in [1.807, 2.05) is 6.07 Å². The van der Waals surface area contributed by atoms with Crippen LogP contribution < -0.4 is 5.32 Å². The van der Waals surface area contributed by atoms with Crippen LogP contribution in [0.1, 0.15) is 11.3 Å². The fourth-order valence-electron chi connectivity index (χ4n) is 1.51. The van der Waals surface area contributed by atoms with E-state index in [0.29, 0.717) is 12.2 Å². The van der Waals surface area contributed by atoms with Crippen molar-refractivity contribution in [3.05, 3.63) is 58.3 Å². The van der Waals surface area contributed by atoms with E-state index < -0.39 is 11.7 Å². The Balaban J connectivity index is 2.05. The van der Waals surface area contributed by atoms with E-state index in [4.69, 9.17) is 0 Å². The lowest BCUT2D eigenvalue weighted by Gasteiger charge is -2.10. The van der Waals surface area contributed by atoms with Gasteiger partial charge in [0.15, 0.2) is 0 Å². The average molecular weight is 331 g/mol. The molecule has 0 spiro atoms. The Morgan fingerprint density at radius 2 is 1.95 bits per heavy atom. The molecular weight excluding hydrogens is 321 g/mol. The molecule has 0 fully saturated rings. The Morgan fingerprint density at radius 1 is 1.16 bits per heavy atom. The normalized spacial score (nSPS) is 11.4. The van der Waals surface area contributed by atoms with E-state index in [1.165, 1.54) is 6.07 Å². The Kier molecular flexibility index (Phi) is 4.09. The van der Waals surface area contributed by atoms with Gasteiger partial charge in [0.05, 0.1) is 17.8 Å². The van der Waals surface area contributed by atoms with Crippen molar-refractivity contribution in [2.45, 2.75) is 12.7 Å². The van der Waals surface area contributed by atoms with E-state index >= 15 is 0 Å². The number of halogens is 4. The number of hydrogen-bond donors (Lipinski definition) is 1. The minimum atomic E-state index is -4.33. The highest BCUT2D eigenvalue weighted by Crippen LogP contribution is 2.30. The Labute approximate surface area is 116 Å². The first-order chi connectivity index (χ1) is 8.95. The molecule has 0 aliphatic rings. The van der Waals surface area contributed by atoms with Crippen molar-refractivity contribution in [1.29, 1.82) is 0 Å². The smallest absolute Gasteiger partial charge is 0.379 e. The lowest BCUT2D eigenvalue weighted by molar-refractivity contribution is -0.137. The van der Waals surface area contributed by atoms with Gasteiger partial charge in [-0.2, -0.15) is 13.2 Å². The highest BCUT2D eigenvalue weighted by Gasteiger charge is 2.30. The summed E-state index contributed by atoms with van der Waals surface area (Å²) in [7, 11) is 0. The molecule has 0 radical (unpaired) electrons. The maximum atomic E-state index is 12.5. The van der Waals surface area contributed by atoms with Gasteiger partial charge in [-0.25, -0.2) is 0 Å². The summed E-state index contributed by atoms with van der Waals surface area (Å²) in [6.07, 6.45) is -2.68. The average Bonchev–Trinajstić information content (AvgIpc) is 2.37. The number of anilines is 1. The zero-order chi connectivity index (χ0) is 13.9. The molecule has 100 valence electrons. The van der Waals surface area contributed by atoms with Crippen molar-refractivity contribution in [3.8, 4) is 0 Å². The maximum Gasteiger partial charge on any atom is 0.416 e. The minimum absolute atomic E-state index is 0.370. The number of alkyl halides is 3. The Hall–Kier alpha value is -1.56. The van der Waals surface area contributed by atoms with E-state index in [2.05, 4.69) is 26.2 Å². The topological polar surface area (TPSA) is 24.9 Å². The van der Waals surface area contributed by atoms with Crippen LogP contribution in [-0.4, -0.2) is 4.98 Å². The van der Waals surface area contributed by atoms with E-state index in [9.17, 15) is 13.2 Å². The van der Waals surface area contributed by atoms with Gasteiger partial charge in [0.2, 0.25) is 0 Å². The molecule has 1 heterocycles. The number of aromatic nitrogens is 1. The maximum absolute atomic E-state index is 12.5. The largest absolute Gasteiger partial charge is 0.416 e. The molecule has 2 rings (SSSR count). The number of rotatable bonds is 3. The van der Waals surface area contributed by atoms with E-state index in [1.54, 1.807) is 18.3 Å². The summed E-state index contributed by atoms with van der Waals surface area (Å²) in [5, 5.41) is 2.92. The fourth-order valence-corrected chi connectivity index (χ4v) is 1.74. The van der Waals surface area contributed by atoms with Crippen LogP contribution in [0.25, 0.3) is 0 Å². The molecule has 0 aliphatic heterocycles. The van der Waals surface area contributed by atoms with Gasteiger partial charge >= 0.3 is 6.18 Å². The van der Waals surface area contributed by atoms with Crippen LogP contribution in [0.3, 0.4) is 0 Å². The molecule has 1 N–H and O–H groups in total. The standard InChI is InChI=1S/C13H10BrF3N2/c14-10-4-5-12(18-7-10)8-19-11-3-1-2-9(6-11)13(15,16)17/h1-7,19H,8H2. The van der Waals surface area contributed by atoms with Crippen LogP contribution in [0.15, 0.2) is 47.1 Å². The second-order valence-corrected chi connectivity index (χ2v) is 4.82. The second kappa shape index (κ2) is 5.61. The van der Waals surface area contributed by atoms with Gasteiger partial charge in [-0.3, -0.25) is 4.98 Å². The summed E-state index contributed by atoms with van der Waals surface area (Å²) >= 11 is 3.26. The van der Waals surface area contributed by atoms with Crippen LogP contribution in [0, 0.1) is 0 Å². The van der Waals surface area contributed by atoms with Crippen LogP contribution >= 0.6 is 15.9 Å². The molecule has 2 nitrogen and oxygen atoms in total. The van der Waals surface area contributed by atoms with E-state index in [-0.39, 0.29) is 0 Å². The minimum Gasteiger partial charge on any atom is -0.379 e. The van der Waals surface area contributed by atoms with Gasteiger partial charge in [-0.15, -0.1) is 0 Å². The SMILES string of the molecule is FC(F)(F)c1cccc(NCc2ccc(Br)cn2)c1. The van der Waals surface area contributed by atoms with Crippen molar-refractivity contribution in [3.63, 3.8) is 0 Å². The number of nitrogens with zero attached hydrogens (tertiary/aromatic N) is 1. The van der Waals surface area contributed by atoms with Gasteiger partial charge in [-0.05, 0) is 46.3 Å². The van der Waals surface area contributed by atoms with Crippen molar-refractivity contribution in [2.24, 2.45) is 0 Å². The monoisotopic (exact) mass is 330 g/mol. The van der Waals surface area contributed by atoms with Crippen molar-refractivity contribution >= 4 is 21.6 Å². The number of benzene rings is 1. The molecule has 0 atom stereocenters. The summed E-state index contributed by atoms with van der Waals surface area (Å²) in [5.74, 6) is 0. The summed E-state index contributed by atoms with van der Waals surface area (Å²) < 4.78 is 38.4. The molecule has 0 aliphatic carbocycles. The predicted molar refractivity (Wildman–Crippen MR) is 70.7 cm³/mol.